The van der Waals surface area contributed by atoms with Crippen molar-refractivity contribution in [3.8, 4) is 0 Å². The van der Waals surface area contributed by atoms with Gasteiger partial charge in [-0.2, -0.15) is 0 Å². The highest BCUT2D eigenvalue weighted by Gasteiger charge is 2.19. The molecular weight excluding hydrogens is 248 g/mol. The standard InChI is InChI=1S/C13H20N2O4/c1-7(6-12(17)18)5-11(16)14-8(2)13-9(3)15-19-10(13)4/h7-8H,5-6H2,1-4H3,(H,14,16)(H,17,18). The molecule has 0 fully saturated rings. The fourth-order valence-corrected chi connectivity index (χ4v) is 2.17. The number of carboxylic acid groups (broad SMARTS) is 1. The van der Waals surface area contributed by atoms with E-state index in [0.29, 0.717) is 5.76 Å². The van der Waals surface area contributed by atoms with Crippen LogP contribution < -0.4 is 5.32 Å². The molecule has 2 atom stereocenters. The Balaban J connectivity index is 2.55. The third-order valence-electron chi connectivity index (χ3n) is 2.96. The number of hydrogen-bond acceptors (Lipinski definition) is 4. The van der Waals surface area contributed by atoms with E-state index in [1.165, 1.54) is 0 Å². The van der Waals surface area contributed by atoms with Crippen LogP contribution in [0, 0.1) is 19.8 Å². The number of carbonyl (C=O) groups excluding carboxylic acids is 1. The van der Waals surface area contributed by atoms with Gasteiger partial charge >= 0.3 is 5.97 Å². The average Bonchev–Trinajstić information content (AvgIpc) is 2.56. The van der Waals surface area contributed by atoms with E-state index in [1.54, 1.807) is 13.8 Å². The van der Waals surface area contributed by atoms with Gasteiger partial charge in [0.2, 0.25) is 5.91 Å². The van der Waals surface area contributed by atoms with Crippen molar-refractivity contribution in [1.82, 2.24) is 10.5 Å². The van der Waals surface area contributed by atoms with Gasteiger partial charge in [-0.15, -0.1) is 0 Å². The Kier molecular flexibility index (Phi) is 5.09. The van der Waals surface area contributed by atoms with Crippen molar-refractivity contribution >= 4 is 11.9 Å². The first-order chi connectivity index (χ1) is 8.81. The molecule has 0 aliphatic heterocycles. The fraction of sp³-hybridized carbons (Fsp3) is 0.615. The first-order valence-electron chi connectivity index (χ1n) is 6.25. The van der Waals surface area contributed by atoms with Crippen molar-refractivity contribution in [1.29, 1.82) is 0 Å². The van der Waals surface area contributed by atoms with Gasteiger partial charge in [-0.25, -0.2) is 0 Å². The van der Waals surface area contributed by atoms with Gasteiger partial charge in [0.05, 0.1) is 11.7 Å². The summed E-state index contributed by atoms with van der Waals surface area (Å²) in [5.74, 6) is -0.557. The van der Waals surface area contributed by atoms with Crippen LogP contribution in [0.15, 0.2) is 4.52 Å². The second kappa shape index (κ2) is 6.36. The van der Waals surface area contributed by atoms with Gasteiger partial charge in [-0.05, 0) is 26.7 Å². The monoisotopic (exact) mass is 268 g/mol. The molecule has 106 valence electrons. The van der Waals surface area contributed by atoms with E-state index in [1.807, 2.05) is 13.8 Å². The largest absolute Gasteiger partial charge is 0.481 e. The van der Waals surface area contributed by atoms with Crippen LogP contribution in [0.25, 0.3) is 0 Å². The van der Waals surface area contributed by atoms with E-state index in [0.717, 1.165) is 11.3 Å². The number of aryl methyl sites for hydroxylation is 2. The SMILES string of the molecule is Cc1noc(C)c1C(C)NC(=O)CC(C)CC(=O)O. The van der Waals surface area contributed by atoms with Crippen LogP contribution >= 0.6 is 0 Å². The summed E-state index contributed by atoms with van der Waals surface area (Å²) in [5.41, 5.74) is 1.63. The lowest BCUT2D eigenvalue weighted by Crippen LogP contribution is -2.28. The lowest BCUT2D eigenvalue weighted by atomic mass is 10.0. The maximum atomic E-state index is 11.8. The molecule has 2 unspecified atom stereocenters. The minimum absolute atomic E-state index is 0.00682. The molecule has 1 amide bonds. The van der Waals surface area contributed by atoms with Crippen molar-refractivity contribution in [3.05, 3.63) is 17.0 Å². The summed E-state index contributed by atoms with van der Waals surface area (Å²) in [6.07, 6.45) is 0.188. The third-order valence-corrected chi connectivity index (χ3v) is 2.96. The highest BCUT2D eigenvalue weighted by atomic mass is 16.5. The molecule has 1 rings (SSSR count). The molecule has 0 aromatic carbocycles. The predicted molar refractivity (Wildman–Crippen MR) is 68.6 cm³/mol. The van der Waals surface area contributed by atoms with Crippen molar-refractivity contribution in [2.24, 2.45) is 5.92 Å². The summed E-state index contributed by atoms with van der Waals surface area (Å²) in [7, 11) is 0. The molecule has 0 aliphatic rings. The second-order valence-electron chi connectivity index (χ2n) is 4.93. The van der Waals surface area contributed by atoms with Crippen LogP contribution in [-0.4, -0.2) is 22.1 Å². The smallest absolute Gasteiger partial charge is 0.303 e. The number of carboxylic acids is 1. The zero-order valence-electron chi connectivity index (χ0n) is 11.7. The molecule has 0 saturated carbocycles. The minimum Gasteiger partial charge on any atom is -0.481 e. The van der Waals surface area contributed by atoms with Crippen molar-refractivity contribution in [3.63, 3.8) is 0 Å². The maximum Gasteiger partial charge on any atom is 0.303 e. The third kappa shape index (κ3) is 4.39. The topological polar surface area (TPSA) is 92.4 Å². The number of nitrogens with one attached hydrogen (secondary N) is 1. The Morgan fingerprint density at radius 3 is 2.42 bits per heavy atom. The summed E-state index contributed by atoms with van der Waals surface area (Å²) < 4.78 is 5.05. The molecule has 2 N–H and O–H groups in total. The average molecular weight is 268 g/mol. The zero-order chi connectivity index (χ0) is 14.6. The quantitative estimate of drug-likeness (QED) is 0.822. The Morgan fingerprint density at radius 2 is 1.95 bits per heavy atom. The summed E-state index contributed by atoms with van der Waals surface area (Å²) in [5, 5.41) is 15.3. The second-order valence-corrected chi connectivity index (χ2v) is 4.93. The van der Waals surface area contributed by atoms with Gasteiger partial charge in [-0.1, -0.05) is 12.1 Å². The number of nitrogens with zero attached hydrogens (tertiary/aromatic N) is 1. The first-order valence-corrected chi connectivity index (χ1v) is 6.25. The van der Waals surface area contributed by atoms with E-state index in [9.17, 15) is 9.59 Å². The van der Waals surface area contributed by atoms with Crippen LogP contribution in [-0.2, 0) is 9.59 Å². The lowest BCUT2D eigenvalue weighted by molar-refractivity contribution is -0.138. The van der Waals surface area contributed by atoms with Crippen LogP contribution in [0.3, 0.4) is 0 Å². The number of rotatable bonds is 6. The van der Waals surface area contributed by atoms with Gasteiger partial charge in [0.25, 0.3) is 0 Å². The fourth-order valence-electron chi connectivity index (χ4n) is 2.17. The summed E-state index contributed by atoms with van der Waals surface area (Å²) in [6, 6.07) is -0.198. The molecule has 1 aromatic heterocycles. The van der Waals surface area contributed by atoms with Crippen molar-refractivity contribution in [2.75, 3.05) is 0 Å². The van der Waals surface area contributed by atoms with E-state index in [2.05, 4.69) is 10.5 Å². The minimum atomic E-state index is -0.890. The maximum absolute atomic E-state index is 11.8. The molecule has 6 nitrogen and oxygen atoms in total. The number of amides is 1. The molecule has 0 radical (unpaired) electrons. The number of hydrogen-bond donors (Lipinski definition) is 2. The lowest BCUT2D eigenvalue weighted by Gasteiger charge is -2.15. The van der Waals surface area contributed by atoms with E-state index in [4.69, 9.17) is 9.63 Å². The van der Waals surface area contributed by atoms with Crippen LogP contribution in [0.5, 0.6) is 0 Å². The molecule has 0 saturated heterocycles. The Labute approximate surface area is 112 Å². The van der Waals surface area contributed by atoms with E-state index < -0.39 is 5.97 Å². The van der Waals surface area contributed by atoms with Crippen molar-refractivity contribution in [2.45, 2.75) is 46.6 Å². The molecule has 19 heavy (non-hydrogen) atoms. The van der Waals surface area contributed by atoms with Gasteiger partial charge < -0.3 is 14.9 Å². The van der Waals surface area contributed by atoms with Gasteiger partial charge in [0.1, 0.15) is 5.76 Å². The van der Waals surface area contributed by atoms with Gasteiger partial charge in [0, 0.05) is 18.4 Å². The molecular formula is C13H20N2O4. The summed E-state index contributed by atoms with van der Waals surface area (Å²) in [4.78, 5) is 22.3. The van der Waals surface area contributed by atoms with Crippen LogP contribution in [0.1, 0.15) is 49.7 Å². The zero-order valence-corrected chi connectivity index (χ0v) is 11.7. The van der Waals surface area contributed by atoms with Crippen LogP contribution in [0.2, 0.25) is 0 Å². The van der Waals surface area contributed by atoms with Gasteiger partial charge in [0.15, 0.2) is 0 Å². The van der Waals surface area contributed by atoms with E-state index >= 15 is 0 Å². The molecule has 0 aliphatic carbocycles. The normalized spacial score (nSPS) is 13.9. The summed E-state index contributed by atoms with van der Waals surface area (Å²) >= 11 is 0. The van der Waals surface area contributed by atoms with Crippen molar-refractivity contribution < 1.29 is 19.2 Å². The molecule has 0 bridgehead atoms. The first kappa shape index (κ1) is 15.2. The summed E-state index contributed by atoms with van der Waals surface area (Å²) in [6.45, 7) is 7.22. The Hall–Kier alpha value is -1.85. The highest BCUT2D eigenvalue weighted by Crippen LogP contribution is 2.21. The number of carbonyl (C=O) groups is 2. The molecule has 6 heteroatoms. The van der Waals surface area contributed by atoms with Gasteiger partial charge in [-0.3, -0.25) is 9.59 Å². The van der Waals surface area contributed by atoms with E-state index in [-0.39, 0.29) is 30.7 Å². The molecule has 0 spiro atoms. The Morgan fingerprint density at radius 1 is 1.32 bits per heavy atom. The Bertz CT molecular complexity index is 448. The van der Waals surface area contributed by atoms with Crippen LogP contribution in [0.4, 0.5) is 0 Å². The highest BCUT2D eigenvalue weighted by molar-refractivity contribution is 5.77. The molecule has 1 heterocycles. The molecule has 1 aromatic rings. The number of aliphatic carboxylic acids is 1. The number of aromatic nitrogens is 1. The predicted octanol–water partition coefficient (Wildman–Crippen LogP) is 1.97.